The molecule has 0 aromatic carbocycles. The third-order valence-corrected chi connectivity index (χ3v) is 6.20. The molecule has 0 saturated heterocycles. The van der Waals surface area contributed by atoms with Crippen molar-refractivity contribution in [2.45, 2.75) is 52.4 Å². The van der Waals surface area contributed by atoms with E-state index in [1.54, 1.807) is 13.0 Å². The summed E-state index contributed by atoms with van der Waals surface area (Å²) in [5.41, 5.74) is 1.17. The molecular weight excluding hydrogens is 248 g/mol. The van der Waals surface area contributed by atoms with Crippen LogP contribution in [0.1, 0.15) is 52.4 Å². The first-order valence-corrected chi connectivity index (χ1v) is 7.78. The minimum absolute atomic E-state index is 0.144. The van der Waals surface area contributed by atoms with E-state index in [2.05, 4.69) is 19.6 Å². The van der Waals surface area contributed by atoms with E-state index in [9.17, 15) is 9.59 Å². The van der Waals surface area contributed by atoms with Gasteiger partial charge in [0.2, 0.25) is 0 Å². The van der Waals surface area contributed by atoms with Gasteiger partial charge in [0.15, 0.2) is 5.78 Å². The summed E-state index contributed by atoms with van der Waals surface area (Å²) in [6.07, 6.45) is 9.74. The summed E-state index contributed by atoms with van der Waals surface area (Å²) in [4.78, 5) is 23.9. The standard InChI is InChI=1S/C18H24O2/c1-12-11-18-8-5-14(12)10-15(18)17(3,7-4-13(2)19)16(20)6-9-18/h6,9,14-15H,1,4-5,7-8,10-11H2,2-3H3/t14?,15?,17-,18?/m0/s1. The van der Waals surface area contributed by atoms with E-state index < -0.39 is 0 Å². The Morgan fingerprint density at radius 3 is 2.90 bits per heavy atom. The molecule has 0 N–H and O–H groups in total. The van der Waals surface area contributed by atoms with E-state index in [-0.39, 0.29) is 22.4 Å². The zero-order valence-electron chi connectivity index (χ0n) is 12.6. The number of carbonyl (C=O) groups is 2. The van der Waals surface area contributed by atoms with Crippen molar-refractivity contribution in [2.75, 3.05) is 0 Å². The van der Waals surface area contributed by atoms with Crippen LogP contribution in [0.15, 0.2) is 24.3 Å². The van der Waals surface area contributed by atoms with Gasteiger partial charge in [-0.3, -0.25) is 4.79 Å². The van der Waals surface area contributed by atoms with Crippen LogP contribution in [0, 0.1) is 22.7 Å². The molecule has 0 heterocycles. The van der Waals surface area contributed by atoms with Gasteiger partial charge in [0.1, 0.15) is 5.78 Å². The average Bonchev–Trinajstić information content (AvgIpc) is 2.41. The van der Waals surface area contributed by atoms with Crippen LogP contribution in [0.25, 0.3) is 0 Å². The van der Waals surface area contributed by atoms with Crippen molar-refractivity contribution >= 4 is 11.6 Å². The van der Waals surface area contributed by atoms with Gasteiger partial charge in [-0.1, -0.05) is 25.2 Å². The Hall–Kier alpha value is -1.18. The molecule has 0 aromatic heterocycles. The second kappa shape index (κ2) is 4.41. The number of ketones is 2. The SMILES string of the molecule is C=C1CC23C=CC(=O)[C@@](C)(CCC(C)=O)C2CC1CC3. The van der Waals surface area contributed by atoms with E-state index in [1.807, 2.05) is 0 Å². The molecule has 0 radical (unpaired) electrons. The maximum atomic E-state index is 12.5. The molecule has 3 saturated carbocycles. The first kappa shape index (κ1) is 13.8. The van der Waals surface area contributed by atoms with Gasteiger partial charge >= 0.3 is 0 Å². The summed E-state index contributed by atoms with van der Waals surface area (Å²) in [6, 6.07) is 0. The molecule has 1 spiro atoms. The fraction of sp³-hybridized carbons (Fsp3) is 0.667. The van der Waals surface area contributed by atoms with Crippen LogP contribution in [0.2, 0.25) is 0 Å². The summed E-state index contributed by atoms with van der Waals surface area (Å²) in [5.74, 6) is 1.41. The Bertz CT molecular complexity index is 516. The second-order valence-electron chi connectivity index (χ2n) is 7.41. The van der Waals surface area contributed by atoms with E-state index in [4.69, 9.17) is 0 Å². The van der Waals surface area contributed by atoms with Gasteiger partial charge in [0.25, 0.3) is 0 Å². The number of Topliss-reactive ketones (excluding diaryl/α,β-unsaturated/α-hetero) is 1. The highest BCUT2D eigenvalue weighted by Gasteiger charge is 2.58. The Labute approximate surface area is 121 Å². The normalized spacial score (nSPS) is 42.7. The molecule has 2 heteroatoms. The fourth-order valence-corrected chi connectivity index (χ4v) is 4.89. The molecule has 4 aliphatic carbocycles. The van der Waals surface area contributed by atoms with Crippen molar-refractivity contribution in [1.29, 1.82) is 0 Å². The number of carbonyl (C=O) groups excluding carboxylic acids is 2. The first-order valence-electron chi connectivity index (χ1n) is 7.78. The summed E-state index contributed by atoms with van der Waals surface area (Å²) < 4.78 is 0. The maximum Gasteiger partial charge on any atom is 0.161 e. The van der Waals surface area contributed by atoms with Crippen LogP contribution in [-0.2, 0) is 9.59 Å². The van der Waals surface area contributed by atoms with Crippen molar-refractivity contribution < 1.29 is 9.59 Å². The quantitative estimate of drug-likeness (QED) is 0.731. The molecule has 3 fully saturated rings. The number of fused-ring (bicyclic) bond motifs is 2. The molecule has 0 aromatic rings. The average molecular weight is 272 g/mol. The van der Waals surface area contributed by atoms with Gasteiger partial charge in [-0.05, 0) is 62.4 Å². The number of hydrogen-bond acceptors (Lipinski definition) is 2. The van der Waals surface area contributed by atoms with Crippen molar-refractivity contribution in [2.24, 2.45) is 22.7 Å². The highest BCUT2D eigenvalue weighted by atomic mass is 16.1. The van der Waals surface area contributed by atoms with Crippen LogP contribution < -0.4 is 0 Å². The topological polar surface area (TPSA) is 34.1 Å². The smallest absolute Gasteiger partial charge is 0.161 e. The van der Waals surface area contributed by atoms with Crippen molar-refractivity contribution in [3.63, 3.8) is 0 Å². The third-order valence-electron chi connectivity index (χ3n) is 6.20. The van der Waals surface area contributed by atoms with Crippen LogP contribution >= 0.6 is 0 Å². The summed E-state index contributed by atoms with van der Waals surface area (Å²) in [5, 5.41) is 0. The molecule has 20 heavy (non-hydrogen) atoms. The van der Waals surface area contributed by atoms with Crippen LogP contribution in [0.5, 0.6) is 0 Å². The van der Waals surface area contributed by atoms with Gasteiger partial charge in [0.05, 0.1) is 0 Å². The largest absolute Gasteiger partial charge is 0.300 e. The predicted molar refractivity (Wildman–Crippen MR) is 79.2 cm³/mol. The van der Waals surface area contributed by atoms with Gasteiger partial charge in [0, 0.05) is 11.8 Å². The Balaban J connectivity index is 1.96. The van der Waals surface area contributed by atoms with Crippen molar-refractivity contribution in [1.82, 2.24) is 0 Å². The lowest BCUT2D eigenvalue weighted by atomic mass is 9.44. The molecule has 4 rings (SSSR count). The van der Waals surface area contributed by atoms with Gasteiger partial charge in [-0.2, -0.15) is 0 Å². The van der Waals surface area contributed by atoms with E-state index >= 15 is 0 Å². The number of rotatable bonds is 3. The summed E-state index contributed by atoms with van der Waals surface area (Å²) >= 11 is 0. The van der Waals surface area contributed by atoms with Crippen LogP contribution in [0.3, 0.4) is 0 Å². The van der Waals surface area contributed by atoms with Crippen LogP contribution in [-0.4, -0.2) is 11.6 Å². The van der Waals surface area contributed by atoms with Crippen molar-refractivity contribution in [3.05, 3.63) is 24.3 Å². The second-order valence-corrected chi connectivity index (χ2v) is 7.41. The molecule has 3 unspecified atom stereocenters. The molecular formula is C18H24O2. The molecule has 0 aliphatic heterocycles. The molecule has 0 amide bonds. The van der Waals surface area contributed by atoms with Crippen LogP contribution in [0.4, 0.5) is 0 Å². The predicted octanol–water partition coefficient (Wildman–Crippen LogP) is 3.86. The fourth-order valence-electron chi connectivity index (χ4n) is 4.89. The molecule has 4 atom stereocenters. The van der Waals surface area contributed by atoms with E-state index in [0.717, 1.165) is 12.8 Å². The number of allylic oxidation sites excluding steroid dienone is 3. The molecule has 4 aliphatic rings. The summed E-state index contributed by atoms with van der Waals surface area (Å²) in [7, 11) is 0. The van der Waals surface area contributed by atoms with Gasteiger partial charge in [-0.15, -0.1) is 0 Å². The zero-order valence-corrected chi connectivity index (χ0v) is 12.6. The third kappa shape index (κ3) is 1.84. The van der Waals surface area contributed by atoms with Gasteiger partial charge < -0.3 is 4.79 Å². The monoisotopic (exact) mass is 272 g/mol. The number of hydrogen-bond donors (Lipinski definition) is 0. The minimum Gasteiger partial charge on any atom is -0.300 e. The highest BCUT2D eigenvalue weighted by molar-refractivity contribution is 5.96. The van der Waals surface area contributed by atoms with E-state index in [1.165, 1.54) is 18.4 Å². The minimum atomic E-state index is -0.347. The lowest BCUT2D eigenvalue weighted by Gasteiger charge is -2.59. The molecule has 2 bridgehead atoms. The lowest BCUT2D eigenvalue weighted by molar-refractivity contribution is -0.136. The molecule has 2 nitrogen and oxygen atoms in total. The van der Waals surface area contributed by atoms with Gasteiger partial charge in [-0.25, -0.2) is 0 Å². The van der Waals surface area contributed by atoms with E-state index in [0.29, 0.717) is 24.7 Å². The highest BCUT2D eigenvalue weighted by Crippen LogP contribution is 2.64. The first-order chi connectivity index (χ1) is 9.37. The Kier molecular flexibility index (Phi) is 3.04. The molecule has 108 valence electrons. The Morgan fingerprint density at radius 1 is 1.50 bits per heavy atom. The maximum absolute atomic E-state index is 12.5. The zero-order chi connectivity index (χ0) is 14.5. The lowest BCUT2D eigenvalue weighted by Crippen LogP contribution is -2.54. The Morgan fingerprint density at radius 2 is 2.25 bits per heavy atom. The summed E-state index contributed by atoms with van der Waals surface area (Å²) in [6.45, 7) is 7.97. The van der Waals surface area contributed by atoms with Crippen molar-refractivity contribution in [3.8, 4) is 0 Å².